The van der Waals surface area contributed by atoms with Crippen LogP contribution in [-0.2, 0) is 9.59 Å². The molecule has 1 aromatic carbocycles. The van der Waals surface area contributed by atoms with Crippen LogP contribution in [0.5, 0.6) is 0 Å². The van der Waals surface area contributed by atoms with Crippen LogP contribution in [0.2, 0.25) is 0 Å². The molecule has 1 heterocycles. The lowest BCUT2D eigenvalue weighted by Gasteiger charge is -2.26. The minimum atomic E-state index is -0.715. The number of hydrogen-bond donors (Lipinski definition) is 1. The van der Waals surface area contributed by atoms with E-state index in [9.17, 15) is 14.9 Å². The summed E-state index contributed by atoms with van der Waals surface area (Å²) in [6.07, 6.45) is 4.06. The van der Waals surface area contributed by atoms with E-state index in [-0.39, 0.29) is 24.4 Å². The van der Waals surface area contributed by atoms with Crippen molar-refractivity contribution in [2.75, 3.05) is 25.0 Å². The normalized spacial score (nSPS) is 22.2. The van der Waals surface area contributed by atoms with E-state index in [1.807, 2.05) is 30.3 Å². The average molecular weight is 340 g/mol. The molecule has 0 radical (unpaired) electrons. The van der Waals surface area contributed by atoms with E-state index < -0.39 is 5.54 Å². The first-order valence-electron chi connectivity index (χ1n) is 8.84. The summed E-state index contributed by atoms with van der Waals surface area (Å²) in [5.41, 5.74) is 0.176. The van der Waals surface area contributed by atoms with Crippen LogP contribution in [0.15, 0.2) is 30.3 Å². The molecule has 1 N–H and O–H groups in total. The molecule has 3 rings (SSSR count). The number of anilines is 1. The second-order valence-corrected chi connectivity index (χ2v) is 6.99. The van der Waals surface area contributed by atoms with Gasteiger partial charge in [-0.1, -0.05) is 18.2 Å². The summed E-state index contributed by atoms with van der Waals surface area (Å²) in [6, 6.07) is 11.6. The molecule has 1 atom stereocenters. The number of carbonyl (C=O) groups is 2. The van der Waals surface area contributed by atoms with Gasteiger partial charge in [0.1, 0.15) is 5.54 Å². The molecule has 0 bridgehead atoms. The third-order valence-corrected chi connectivity index (χ3v) is 5.22. The van der Waals surface area contributed by atoms with Crippen molar-refractivity contribution in [3.63, 3.8) is 0 Å². The van der Waals surface area contributed by atoms with Gasteiger partial charge in [0.2, 0.25) is 11.8 Å². The van der Waals surface area contributed by atoms with Gasteiger partial charge in [-0.15, -0.1) is 0 Å². The fraction of sp³-hybridized carbons (Fsp3) is 0.526. The summed E-state index contributed by atoms with van der Waals surface area (Å²) in [5.74, 6) is -0.158. The number of carbonyl (C=O) groups excluding carboxylic acids is 2. The molecule has 2 aliphatic rings. The topological polar surface area (TPSA) is 76.4 Å². The van der Waals surface area contributed by atoms with Crippen LogP contribution < -0.4 is 10.2 Å². The fourth-order valence-corrected chi connectivity index (χ4v) is 3.82. The molecule has 25 heavy (non-hydrogen) atoms. The van der Waals surface area contributed by atoms with Crippen molar-refractivity contribution >= 4 is 17.5 Å². The highest BCUT2D eigenvalue weighted by molar-refractivity contribution is 5.99. The second kappa shape index (κ2) is 7.24. The largest absolute Gasteiger partial charge is 0.337 e. The van der Waals surface area contributed by atoms with Crippen molar-refractivity contribution in [3.05, 3.63) is 30.3 Å². The van der Waals surface area contributed by atoms with Gasteiger partial charge in [-0.2, -0.15) is 5.26 Å². The fourth-order valence-electron chi connectivity index (χ4n) is 3.82. The molecular weight excluding hydrogens is 316 g/mol. The van der Waals surface area contributed by atoms with E-state index in [0.717, 1.165) is 18.5 Å². The lowest BCUT2D eigenvalue weighted by Crippen LogP contribution is -2.50. The number of nitrogens with zero attached hydrogens (tertiary/aromatic N) is 3. The molecule has 0 aromatic heterocycles. The van der Waals surface area contributed by atoms with Gasteiger partial charge in [0.05, 0.1) is 18.7 Å². The minimum Gasteiger partial charge on any atom is -0.337 e. The van der Waals surface area contributed by atoms with Crippen LogP contribution in [0.25, 0.3) is 0 Å². The van der Waals surface area contributed by atoms with Crippen LogP contribution >= 0.6 is 0 Å². The predicted molar refractivity (Wildman–Crippen MR) is 94.8 cm³/mol. The Hall–Kier alpha value is -2.39. The maximum absolute atomic E-state index is 12.7. The summed E-state index contributed by atoms with van der Waals surface area (Å²) in [4.78, 5) is 28.6. The minimum absolute atomic E-state index is 0.0253. The molecule has 1 aromatic rings. The zero-order valence-electron chi connectivity index (χ0n) is 14.6. The van der Waals surface area contributed by atoms with Crippen LogP contribution in [0.1, 0.15) is 32.1 Å². The Bertz CT molecular complexity index is 676. The number of nitriles is 1. The average Bonchev–Trinajstić information content (AvgIpc) is 3.22. The molecule has 0 unspecified atom stereocenters. The number of hydrogen-bond acceptors (Lipinski definition) is 4. The van der Waals surface area contributed by atoms with E-state index in [1.165, 1.54) is 0 Å². The highest BCUT2D eigenvalue weighted by Gasteiger charge is 2.38. The van der Waals surface area contributed by atoms with Gasteiger partial charge in [0, 0.05) is 12.2 Å². The number of rotatable bonds is 5. The van der Waals surface area contributed by atoms with Crippen molar-refractivity contribution < 1.29 is 9.59 Å². The third-order valence-electron chi connectivity index (χ3n) is 5.22. The van der Waals surface area contributed by atoms with Gasteiger partial charge in [-0.05, 0) is 51.3 Å². The summed E-state index contributed by atoms with van der Waals surface area (Å²) >= 11 is 0. The van der Waals surface area contributed by atoms with Crippen LogP contribution in [-0.4, -0.2) is 48.4 Å². The zero-order chi connectivity index (χ0) is 17.9. The van der Waals surface area contributed by atoms with Crippen LogP contribution in [0.3, 0.4) is 0 Å². The Morgan fingerprint density at radius 1 is 1.36 bits per heavy atom. The summed E-state index contributed by atoms with van der Waals surface area (Å²) < 4.78 is 0. The zero-order valence-corrected chi connectivity index (χ0v) is 14.6. The Balaban J connectivity index is 1.58. The highest BCUT2D eigenvalue weighted by Crippen LogP contribution is 2.29. The first-order valence-corrected chi connectivity index (χ1v) is 8.84. The molecule has 2 amide bonds. The molecule has 1 aliphatic heterocycles. The van der Waals surface area contributed by atoms with Gasteiger partial charge in [0.15, 0.2) is 0 Å². The Morgan fingerprint density at radius 2 is 2.04 bits per heavy atom. The maximum atomic E-state index is 12.7. The number of para-hydroxylation sites is 1. The van der Waals surface area contributed by atoms with Crippen molar-refractivity contribution in [1.82, 2.24) is 10.2 Å². The molecule has 0 spiro atoms. The molecule has 1 saturated heterocycles. The number of amides is 2. The molecule has 6 nitrogen and oxygen atoms in total. The third kappa shape index (κ3) is 3.67. The molecule has 1 saturated carbocycles. The Morgan fingerprint density at radius 3 is 2.68 bits per heavy atom. The molecule has 2 fully saturated rings. The standard InChI is InChI=1S/C19H24N4O2/c1-22(13-17(24)21-19(14-20)10-5-6-11-19)16-9-12-23(18(16)25)15-7-3-2-4-8-15/h2-4,7-8,16H,5-6,9-13H2,1H3,(H,21,24)/t16-/m1/s1. The number of nitrogens with one attached hydrogen (secondary N) is 1. The molecule has 132 valence electrons. The molecular formula is C19H24N4O2. The SMILES string of the molecule is CN(CC(=O)NC1(C#N)CCCC1)[C@@H]1CCN(c2ccccc2)C1=O. The van der Waals surface area contributed by atoms with E-state index in [2.05, 4.69) is 11.4 Å². The van der Waals surface area contributed by atoms with E-state index in [0.29, 0.717) is 25.8 Å². The smallest absolute Gasteiger partial charge is 0.244 e. The van der Waals surface area contributed by atoms with E-state index in [4.69, 9.17) is 0 Å². The number of benzene rings is 1. The van der Waals surface area contributed by atoms with Crippen molar-refractivity contribution in [3.8, 4) is 6.07 Å². The van der Waals surface area contributed by atoms with Crippen LogP contribution in [0.4, 0.5) is 5.69 Å². The summed E-state index contributed by atoms with van der Waals surface area (Å²) in [7, 11) is 1.80. The second-order valence-electron chi connectivity index (χ2n) is 6.99. The lowest BCUT2D eigenvalue weighted by atomic mass is 10.00. The summed E-state index contributed by atoms with van der Waals surface area (Å²) in [6.45, 7) is 0.782. The van der Waals surface area contributed by atoms with Gasteiger partial charge >= 0.3 is 0 Å². The van der Waals surface area contributed by atoms with Gasteiger partial charge in [-0.3, -0.25) is 14.5 Å². The Kier molecular flexibility index (Phi) is 5.05. The summed E-state index contributed by atoms with van der Waals surface area (Å²) in [5, 5.41) is 12.3. The van der Waals surface area contributed by atoms with E-state index in [1.54, 1.807) is 16.8 Å². The monoisotopic (exact) mass is 340 g/mol. The molecule has 6 heteroatoms. The van der Waals surface area contributed by atoms with Gasteiger partial charge in [0.25, 0.3) is 0 Å². The highest BCUT2D eigenvalue weighted by atomic mass is 16.2. The van der Waals surface area contributed by atoms with Crippen LogP contribution in [0, 0.1) is 11.3 Å². The maximum Gasteiger partial charge on any atom is 0.244 e. The van der Waals surface area contributed by atoms with E-state index >= 15 is 0 Å². The molecule has 1 aliphatic carbocycles. The Labute approximate surface area is 148 Å². The van der Waals surface area contributed by atoms with Crippen molar-refractivity contribution in [2.45, 2.75) is 43.7 Å². The first-order chi connectivity index (χ1) is 12.0. The van der Waals surface area contributed by atoms with Gasteiger partial charge < -0.3 is 10.2 Å². The van der Waals surface area contributed by atoms with Crippen molar-refractivity contribution in [2.24, 2.45) is 0 Å². The van der Waals surface area contributed by atoms with Gasteiger partial charge in [-0.25, -0.2) is 0 Å². The van der Waals surface area contributed by atoms with Crippen molar-refractivity contribution in [1.29, 1.82) is 5.26 Å². The lowest BCUT2D eigenvalue weighted by molar-refractivity contribution is -0.126. The quantitative estimate of drug-likeness (QED) is 0.885. The first kappa shape index (κ1) is 17.4. The predicted octanol–water partition coefficient (Wildman–Crippen LogP) is 1.68. The number of likely N-dealkylation sites (N-methyl/N-ethyl adjacent to an activating group) is 1.